The van der Waals surface area contributed by atoms with Gasteiger partial charge in [-0.15, -0.1) is 0 Å². The third-order valence-corrected chi connectivity index (χ3v) is 6.60. The Kier molecular flexibility index (Phi) is 5.71. The number of sulfone groups is 1. The van der Waals surface area contributed by atoms with Crippen molar-refractivity contribution in [1.29, 1.82) is 0 Å². The van der Waals surface area contributed by atoms with E-state index in [0.29, 0.717) is 10.4 Å². The lowest BCUT2D eigenvalue weighted by molar-refractivity contribution is -0.116. The van der Waals surface area contributed by atoms with Crippen molar-refractivity contribution in [1.82, 2.24) is 4.98 Å². The Morgan fingerprint density at radius 2 is 1.96 bits per heavy atom. The first-order valence-electron chi connectivity index (χ1n) is 8.11. The van der Waals surface area contributed by atoms with Gasteiger partial charge in [0.2, 0.25) is 5.91 Å². The van der Waals surface area contributed by atoms with Gasteiger partial charge in [0.05, 0.1) is 22.5 Å². The molecule has 0 spiro atoms. The van der Waals surface area contributed by atoms with Gasteiger partial charge < -0.3 is 10.1 Å². The Balaban J connectivity index is 1.55. The number of aromatic nitrogens is 1. The number of carbonyl (C=O) groups excluding carboxylic acids is 1. The first-order chi connectivity index (χ1) is 12.9. The monoisotopic (exact) mass is 408 g/mol. The van der Waals surface area contributed by atoms with E-state index in [9.17, 15) is 17.6 Å². The molecule has 27 heavy (non-hydrogen) atoms. The van der Waals surface area contributed by atoms with Crippen LogP contribution in [0.15, 0.2) is 47.4 Å². The lowest BCUT2D eigenvalue weighted by Gasteiger charge is -2.06. The highest BCUT2D eigenvalue weighted by Gasteiger charge is 2.16. The molecule has 6 nitrogen and oxygen atoms in total. The second-order valence-corrected chi connectivity index (χ2v) is 8.89. The second kappa shape index (κ2) is 8.01. The second-order valence-electron chi connectivity index (χ2n) is 5.75. The van der Waals surface area contributed by atoms with E-state index in [1.54, 1.807) is 24.3 Å². The molecule has 0 saturated heterocycles. The van der Waals surface area contributed by atoms with E-state index in [4.69, 9.17) is 4.74 Å². The number of methoxy groups -OCH3 is 1. The number of thiazole rings is 1. The summed E-state index contributed by atoms with van der Waals surface area (Å²) in [6.07, 6.45) is 0.188. The first kappa shape index (κ1) is 19.2. The lowest BCUT2D eigenvalue weighted by Crippen LogP contribution is -2.14. The molecule has 0 aliphatic carbocycles. The fourth-order valence-corrected chi connectivity index (χ4v) is 4.68. The normalized spacial score (nSPS) is 11.5. The third kappa shape index (κ3) is 4.61. The maximum absolute atomic E-state index is 13.6. The Morgan fingerprint density at radius 3 is 2.63 bits per heavy atom. The average molecular weight is 408 g/mol. The van der Waals surface area contributed by atoms with Crippen LogP contribution in [0.2, 0.25) is 0 Å². The molecule has 1 N–H and O–H groups in total. The molecule has 0 saturated carbocycles. The van der Waals surface area contributed by atoms with E-state index in [1.807, 2.05) is 0 Å². The number of fused-ring (bicyclic) bond motifs is 1. The van der Waals surface area contributed by atoms with Crippen LogP contribution in [-0.2, 0) is 14.6 Å². The van der Waals surface area contributed by atoms with Crippen molar-refractivity contribution in [3.63, 3.8) is 0 Å². The topological polar surface area (TPSA) is 85.4 Å². The zero-order chi connectivity index (χ0) is 19.4. The van der Waals surface area contributed by atoms with E-state index in [0.717, 1.165) is 0 Å². The number of halogens is 1. The number of benzene rings is 2. The average Bonchev–Trinajstić information content (AvgIpc) is 3.05. The summed E-state index contributed by atoms with van der Waals surface area (Å²) < 4.78 is 43.9. The minimum atomic E-state index is -3.48. The molecule has 3 rings (SSSR count). The molecule has 0 radical (unpaired) electrons. The number of anilines is 1. The van der Waals surface area contributed by atoms with Gasteiger partial charge in [0.25, 0.3) is 0 Å². The van der Waals surface area contributed by atoms with Gasteiger partial charge in [-0.25, -0.2) is 17.8 Å². The molecule has 0 atom stereocenters. The van der Waals surface area contributed by atoms with Gasteiger partial charge in [0, 0.05) is 6.42 Å². The Labute approximate surface area is 159 Å². The number of amides is 1. The van der Waals surface area contributed by atoms with E-state index < -0.39 is 15.7 Å². The van der Waals surface area contributed by atoms with Crippen LogP contribution in [0, 0.1) is 5.82 Å². The summed E-state index contributed by atoms with van der Waals surface area (Å²) in [6, 6.07) is 10.7. The molecule has 1 heterocycles. The highest BCUT2D eigenvalue weighted by molar-refractivity contribution is 7.91. The molecule has 3 aromatic rings. The number of hydrogen-bond donors (Lipinski definition) is 1. The van der Waals surface area contributed by atoms with Gasteiger partial charge in [0.15, 0.2) is 15.0 Å². The lowest BCUT2D eigenvalue weighted by atomic mass is 10.3. The van der Waals surface area contributed by atoms with Crippen LogP contribution >= 0.6 is 11.3 Å². The van der Waals surface area contributed by atoms with Crippen molar-refractivity contribution >= 4 is 42.4 Å². The molecule has 142 valence electrons. The zero-order valence-electron chi connectivity index (χ0n) is 14.4. The predicted octanol–water partition coefficient (Wildman–Crippen LogP) is 3.64. The summed E-state index contributed by atoms with van der Waals surface area (Å²) in [5, 5.41) is 2.88. The fourth-order valence-electron chi connectivity index (χ4n) is 2.47. The largest absolute Gasteiger partial charge is 0.497 e. The van der Waals surface area contributed by atoms with Gasteiger partial charge in [0.1, 0.15) is 17.1 Å². The molecule has 0 unspecified atom stereocenters. The molecule has 0 aliphatic rings. The van der Waals surface area contributed by atoms with Crippen LogP contribution in [0.3, 0.4) is 0 Å². The molecule has 9 heteroatoms. The van der Waals surface area contributed by atoms with E-state index in [-0.39, 0.29) is 40.0 Å². The predicted molar refractivity (Wildman–Crippen MR) is 102 cm³/mol. The summed E-state index contributed by atoms with van der Waals surface area (Å²) in [7, 11) is -1.98. The molecule has 1 aromatic heterocycles. The smallest absolute Gasteiger partial charge is 0.226 e. The van der Waals surface area contributed by atoms with Crippen molar-refractivity contribution in [3.8, 4) is 5.75 Å². The maximum atomic E-state index is 13.6. The number of rotatable bonds is 7. The van der Waals surface area contributed by atoms with E-state index in [2.05, 4.69) is 10.3 Å². The zero-order valence-corrected chi connectivity index (χ0v) is 16.1. The third-order valence-electron chi connectivity index (χ3n) is 3.85. The number of nitrogens with zero attached hydrogens (tertiary/aromatic N) is 1. The van der Waals surface area contributed by atoms with E-state index >= 15 is 0 Å². The Bertz CT molecular complexity index is 1060. The van der Waals surface area contributed by atoms with Crippen LogP contribution < -0.4 is 10.1 Å². The van der Waals surface area contributed by atoms with E-state index in [1.165, 1.54) is 36.6 Å². The summed E-state index contributed by atoms with van der Waals surface area (Å²) in [5.41, 5.74) is 0.208. The molecule has 2 aromatic carbocycles. The van der Waals surface area contributed by atoms with Crippen LogP contribution in [0.25, 0.3) is 10.2 Å². The highest BCUT2D eigenvalue weighted by Crippen LogP contribution is 2.27. The van der Waals surface area contributed by atoms with Gasteiger partial charge in [-0.2, -0.15) is 0 Å². The maximum Gasteiger partial charge on any atom is 0.226 e. The molecule has 1 amide bonds. The number of hydrogen-bond acceptors (Lipinski definition) is 6. The molecule has 0 aliphatic heterocycles. The van der Waals surface area contributed by atoms with Gasteiger partial charge in [-0.1, -0.05) is 17.4 Å². The van der Waals surface area contributed by atoms with Gasteiger partial charge in [-0.05, 0) is 42.8 Å². The Hall–Kier alpha value is -2.52. The van der Waals surface area contributed by atoms with Crippen molar-refractivity contribution < 1.29 is 22.3 Å². The van der Waals surface area contributed by atoms with Crippen LogP contribution in [0.5, 0.6) is 5.75 Å². The minimum Gasteiger partial charge on any atom is -0.497 e. The van der Waals surface area contributed by atoms with Crippen LogP contribution in [-0.4, -0.2) is 32.2 Å². The standard InChI is InChI=1S/C18H17FN2O4S2/c1-25-12-7-9-13(10-8-12)27(23,24)11-3-6-16(22)20-18-21-17-14(19)4-2-5-15(17)26-18/h2,4-5,7-10H,3,6,11H2,1H3,(H,20,21,22). The van der Waals surface area contributed by atoms with Gasteiger partial charge in [-0.3, -0.25) is 4.79 Å². The quantitative estimate of drug-likeness (QED) is 0.645. The fraction of sp³-hybridized carbons (Fsp3) is 0.222. The Morgan fingerprint density at radius 1 is 1.22 bits per heavy atom. The first-order valence-corrected chi connectivity index (χ1v) is 10.6. The van der Waals surface area contributed by atoms with Gasteiger partial charge >= 0.3 is 0 Å². The van der Waals surface area contributed by atoms with Crippen molar-refractivity contribution in [2.45, 2.75) is 17.7 Å². The molecule has 0 fully saturated rings. The van der Waals surface area contributed by atoms with Crippen LogP contribution in [0.4, 0.5) is 9.52 Å². The SMILES string of the molecule is COc1ccc(S(=O)(=O)CCCC(=O)Nc2nc3c(F)cccc3s2)cc1. The summed E-state index contributed by atoms with van der Waals surface area (Å²) in [4.78, 5) is 16.3. The number of para-hydroxylation sites is 1. The van der Waals surface area contributed by atoms with Crippen molar-refractivity contribution in [3.05, 3.63) is 48.3 Å². The molecule has 0 bridgehead atoms. The summed E-state index contributed by atoms with van der Waals surface area (Å²) in [6.45, 7) is 0. The number of ether oxygens (including phenoxy) is 1. The highest BCUT2D eigenvalue weighted by atomic mass is 32.2. The minimum absolute atomic E-state index is 0.0216. The molecular weight excluding hydrogens is 391 g/mol. The van der Waals surface area contributed by atoms with Crippen LogP contribution in [0.1, 0.15) is 12.8 Å². The molecular formula is C18H17FN2O4S2. The number of carbonyl (C=O) groups is 1. The summed E-state index contributed by atoms with van der Waals surface area (Å²) in [5.74, 6) is -0.392. The summed E-state index contributed by atoms with van der Waals surface area (Å²) >= 11 is 1.17. The number of nitrogens with one attached hydrogen (secondary N) is 1. The van der Waals surface area contributed by atoms with Crippen molar-refractivity contribution in [2.75, 3.05) is 18.2 Å². The van der Waals surface area contributed by atoms with Crippen molar-refractivity contribution in [2.24, 2.45) is 0 Å².